The summed E-state index contributed by atoms with van der Waals surface area (Å²) in [7, 11) is 0. The van der Waals surface area contributed by atoms with E-state index in [4.69, 9.17) is 4.74 Å². The van der Waals surface area contributed by atoms with Crippen molar-refractivity contribution in [3.63, 3.8) is 0 Å². The Morgan fingerprint density at radius 2 is 2.29 bits per heavy atom. The predicted octanol–water partition coefficient (Wildman–Crippen LogP) is 1.49. The van der Waals surface area contributed by atoms with E-state index in [1.54, 1.807) is 11.8 Å². The minimum atomic E-state index is 0.0893. The fourth-order valence-corrected chi connectivity index (χ4v) is 2.11. The van der Waals surface area contributed by atoms with Crippen LogP contribution in [0.15, 0.2) is 24.3 Å². The number of carbonyl (C=O) groups is 1. The summed E-state index contributed by atoms with van der Waals surface area (Å²) in [6, 6.07) is 7.96. The third-order valence-corrected chi connectivity index (χ3v) is 2.86. The maximum Gasteiger partial charge on any atom is 0.223 e. The van der Waals surface area contributed by atoms with Gasteiger partial charge in [-0.3, -0.25) is 4.79 Å². The zero-order chi connectivity index (χ0) is 9.71. The van der Waals surface area contributed by atoms with E-state index in [0.29, 0.717) is 6.54 Å². The number of hydrogen-bond acceptors (Lipinski definition) is 2. The molecule has 72 valence electrons. The van der Waals surface area contributed by atoms with Gasteiger partial charge >= 0.3 is 0 Å². The van der Waals surface area contributed by atoms with Crippen LogP contribution in [0.1, 0.15) is 18.6 Å². The van der Waals surface area contributed by atoms with Crippen LogP contribution in [0.25, 0.3) is 0 Å². The predicted molar refractivity (Wildman–Crippen MR) is 52.1 cm³/mol. The number of epoxide rings is 1. The molecular weight excluding hydrogens is 178 g/mol. The summed E-state index contributed by atoms with van der Waals surface area (Å²) in [6.07, 6.45) is 0.468. The van der Waals surface area contributed by atoms with Crippen molar-refractivity contribution in [1.82, 2.24) is 0 Å². The lowest BCUT2D eigenvalue weighted by Gasteiger charge is -2.25. The fourth-order valence-electron chi connectivity index (χ4n) is 2.11. The summed E-state index contributed by atoms with van der Waals surface area (Å²) in [5.41, 5.74) is 2.16. The van der Waals surface area contributed by atoms with E-state index in [1.165, 1.54) is 0 Å². The molecule has 2 heterocycles. The second-order valence-electron chi connectivity index (χ2n) is 3.78. The van der Waals surface area contributed by atoms with Gasteiger partial charge < -0.3 is 9.64 Å². The summed E-state index contributed by atoms with van der Waals surface area (Å²) < 4.78 is 5.49. The van der Waals surface area contributed by atoms with Crippen LogP contribution in [0, 0.1) is 0 Å². The molecule has 0 aromatic heterocycles. The lowest BCUT2D eigenvalue weighted by atomic mass is 10.0. The molecule has 0 bridgehead atoms. The van der Waals surface area contributed by atoms with E-state index in [2.05, 4.69) is 0 Å². The topological polar surface area (TPSA) is 32.8 Å². The highest BCUT2D eigenvalue weighted by molar-refractivity contribution is 5.93. The molecule has 0 N–H and O–H groups in total. The molecule has 0 spiro atoms. The Bertz CT molecular complexity index is 402. The number of amides is 1. The summed E-state index contributed by atoms with van der Waals surface area (Å²) in [5.74, 6) is 0.0893. The normalized spacial score (nSPS) is 27.9. The van der Waals surface area contributed by atoms with E-state index >= 15 is 0 Å². The van der Waals surface area contributed by atoms with Crippen LogP contribution in [0.5, 0.6) is 0 Å². The molecule has 1 amide bonds. The van der Waals surface area contributed by atoms with E-state index in [0.717, 1.165) is 11.3 Å². The van der Waals surface area contributed by atoms with Crippen molar-refractivity contribution < 1.29 is 9.53 Å². The Hall–Kier alpha value is -1.35. The SMILES string of the molecule is CC(=O)N1C[C@@H]2O[C@H]2c2ccccc21. The number of carbonyl (C=O) groups excluding carboxylic acids is 1. The van der Waals surface area contributed by atoms with Gasteiger partial charge in [0.05, 0.1) is 6.54 Å². The molecule has 0 aliphatic carbocycles. The molecular formula is C11H11NO2. The van der Waals surface area contributed by atoms with Crippen molar-refractivity contribution in [2.75, 3.05) is 11.4 Å². The smallest absolute Gasteiger partial charge is 0.223 e. The molecule has 0 saturated carbocycles. The molecule has 1 aromatic carbocycles. The molecule has 3 nitrogen and oxygen atoms in total. The number of hydrogen-bond donors (Lipinski definition) is 0. The van der Waals surface area contributed by atoms with Crippen molar-refractivity contribution in [3.05, 3.63) is 29.8 Å². The Kier molecular flexibility index (Phi) is 1.47. The first-order valence-electron chi connectivity index (χ1n) is 4.80. The van der Waals surface area contributed by atoms with Gasteiger partial charge in [-0.2, -0.15) is 0 Å². The third kappa shape index (κ3) is 0.990. The number of nitrogens with zero attached hydrogens (tertiary/aromatic N) is 1. The zero-order valence-corrected chi connectivity index (χ0v) is 7.93. The van der Waals surface area contributed by atoms with Crippen molar-refractivity contribution in [1.29, 1.82) is 0 Å². The molecule has 1 aromatic rings. The minimum Gasteiger partial charge on any atom is -0.362 e. The molecule has 1 fully saturated rings. The summed E-state index contributed by atoms with van der Waals surface area (Å²) in [6.45, 7) is 2.30. The quantitative estimate of drug-likeness (QED) is 0.579. The van der Waals surface area contributed by atoms with Crippen LogP contribution in [0.2, 0.25) is 0 Å². The van der Waals surface area contributed by atoms with Crippen molar-refractivity contribution in [2.24, 2.45) is 0 Å². The lowest BCUT2D eigenvalue weighted by Crippen LogP contribution is -2.35. The molecule has 0 unspecified atom stereocenters. The second kappa shape index (κ2) is 2.58. The van der Waals surface area contributed by atoms with E-state index in [-0.39, 0.29) is 18.1 Å². The Morgan fingerprint density at radius 1 is 1.50 bits per heavy atom. The standard InChI is InChI=1S/C11H11NO2/c1-7(13)12-6-10-11(14-10)8-4-2-3-5-9(8)12/h2-5,10-11H,6H2,1H3/t10-,11-/m0/s1. The number of fused-ring (bicyclic) bond motifs is 3. The maximum atomic E-state index is 11.4. The molecule has 2 aliphatic rings. The highest BCUT2D eigenvalue weighted by atomic mass is 16.6. The molecule has 0 radical (unpaired) electrons. The van der Waals surface area contributed by atoms with Gasteiger partial charge in [-0.25, -0.2) is 0 Å². The third-order valence-electron chi connectivity index (χ3n) is 2.86. The van der Waals surface area contributed by atoms with Gasteiger partial charge in [0.15, 0.2) is 0 Å². The Morgan fingerprint density at radius 3 is 3.07 bits per heavy atom. The number of para-hydroxylation sites is 1. The molecule has 2 aliphatic heterocycles. The van der Waals surface area contributed by atoms with Gasteiger partial charge in [-0.05, 0) is 6.07 Å². The van der Waals surface area contributed by atoms with Crippen LogP contribution in [0.4, 0.5) is 5.69 Å². The van der Waals surface area contributed by atoms with Gasteiger partial charge in [-0.1, -0.05) is 18.2 Å². The first-order valence-corrected chi connectivity index (χ1v) is 4.80. The number of anilines is 1. The van der Waals surface area contributed by atoms with Crippen molar-refractivity contribution in [3.8, 4) is 0 Å². The maximum absolute atomic E-state index is 11.4. The first kappa shape index (κ1) is 8.00. The average molecular weight is 189 g/mol. The van der Waals surface area contributed by atoms with Crippen LogP contribution < -0.4 is 4.90 Å². The molecule has 3 heteroatoms. The molecule has 2 atom stereocenters. The van der Waals surface area contributed by atoms with Gasteiger partial charge in [0.2, 0.25) is 5.91 Å². The lowest BCUT2D eigenvalue weighted by molar-refractivity contribution is -0.116. The average Bonchev–Trinajstić information content (AvgIpc) is 2.95. The van der Waals surface area contributed by atoms with Gasteiger partial charge in [0.1, 0.15) is 12.2 Å². The minimum absolute atomic E-state index is 0.0893. The van der Waals surface area contributed by atoms with Gasteiger partial charge in [0.25, 0.3) is 0 Å². The largest absolute Gasteiger partial charge is 0.362 e. The summed E-state index contributed by atoms with van der Waals surface area (Å²) in [5, 5.41) is 0. The van der Waals surface area contributed by atoms with E-state index < -0.39 is 0 Å². The number of ether oxygens (including phenoxy) is 1. The fraction of sp³-hybridized carbons (Fsp3) is 0.364. The van der Waals surface area contributed by atoms with Crippen LogP contribution in [-0.4, -0.2) is 18.6 Å². The second-order valence-corrected chi connectivity index (χ2v) is 3.78. The number of rotatable bonds is 0. The van der Waals surface area contributed by atoms with E-state index in [9.17, 15) is 4.79 Å². The Labute approximate surface area is 82.3 Å². The summed E-state index contributed by atoms with van der Waals surface area (Å²) in [4.78, 5) is 13.2. The van der Waals surface area contributed by atoms with Crippen LogP contribution in [0.3, 0.4) is 0 Å². The summed E-state index contributed by atoms with van der Waals surface area (Å²) >= 11 is 0. The van der Waals surface area contributed by atoms with Crippen LogP contribution >= 0.6 is 0 Å². The number of benzene rings is 1. The van der Waals surface area contributed by atoms with Crippen LogP contribution in [-0.2, 0) is 9.53 Å². The Balaban J connectivity index is 2.11. The van der Waals surface area contributed by atoms with Crippen molar-refractivity contribution in [2.45, 2.75) is 19.1 Å². The highest BCUT2D eigenvalue weighted by Gasteiger charge is 2.47. The van der Waals surface area contributed by atoms with Gasteiger partial charge in [0, 0.05) is 18.2 Å². The highest BCUT2D eigenvalue weighted by Crippen LogP contribution is 2.47. The van der Waals surface area contributed by atoms with Crippen molar-refractivity contribution >= 4 is 11.6 Å². The molecule has 1 saturated heterocycles. The molecule has 14 heavy (non-hydrogen) atoms. The zero-order valence-electron chi connectivity index (χ0n) is 7.93. The molecule has 3 rings (SSSR count). The van der Waals surface area contributed by atoms with Gasteiger partial charge in [-0.15, -0.1) is 0 Å². The van der Waals surface area contributed by atoms with E-state index in [1.807, 2.05) is 24.3 Å². The first-order chi connectivity index (χ1) is 6.77. The monoisotopic (exact) mass is 189 g/mol.